The van der Waals surface area contributed by atoms with Crippen LogP contribution in [0.3, 0.4) is 0 Å². The minimum atomic E-state index is -0.173. The summed E-state index contributed by atoms with van der Waals surface area (Å²) < 4.78 is 17.6. The average molecular weight is 380 g/mol. The zero-order valence-electron chi connectivity index (χ0n) is 15.9. The monoisotopic (exact) mass is 380 g/mol. The molecule has 1 aliphatic heterocycles. The van der Waals surface area contributed by atoms with Crippen molar-refractivity contribution in [3.8, 4) is 0 Å². The number of aromatic nitrogens is 5. The van der Waals surface area contributed by atoms with E-state index < -0.39 is 0 Å². The van der Waals surface area contributed by atoms with Crippen LogP contribution in [0.25, 0.3) is 0 Å². The summed E-state index contributed by atoms with van der Waals surface area (Å²) in [6.45, 7) is 3.69. The van der Waals surface area contributed by atoms with E-state index in [1.165, 1.54) is 24.2 Å². The van der Waals surface area contributed by atoms with Crippen molar-refractivity contribution in [1.29, 1.82) is 0 Å². The number of piperidine rings is 1. The maximum atomic E-state index is 13.1. The minimum absolute atomic E-state index is 0.173. The summed E-state index contributed by atoms with van der Waals surface area (Å²) in [4.78, 5) is 6.58. The second kappa shape index (κ2) is 7.47. The summed E-state index contributed by atoms with van der Waals surface area (Å²) in [7, 11) is 0. The number of imidazole rings is 1. The molecule has 2 fully saturated rings. The van der Waals surface area contributed by atoms with Crippen LogP contribution >= 0.6 is 0 Å². The topological polar surface area (TPSA) is 51.8 Å². The lowest BCUT2D eigenvalue weighted by Gasteiger charge is -2.31. The maximum absolute atomic E-state index is 13.1. The van der Waals surface area contributed by atoms with Gasteiger partial charge in [-0.05, 0) is 56.5 Å². The Balaban J connectivity index is 1.26. The molecule has 1 aliphatic carbocycles. The Hall–Kier alpha value is -2.54. The number of hydrogen-bond acceptors (Lipinski definition) is 4. The second-order valence-corrected chi connectivity index (χ2v) is 7.99. The molecule has 3 heterocycles. The molecule has 1 saturated heterocycles. The molecule has 1 saturated carbocycles. The van der Waals surface area contributed by atoms with Crippen LogP contribution < -0.4 is 0 Å². The number of nitrogens with zero attached hydrogens (tertiary/aromatic N) is 6. The normalized spacial score (nSPS) is 18.6. The van der Waals surface area contributed by atoms with E-state index in [1.54, 1.807) is 18.3 Å². The van der Waals surface area contributed by atoms with Crippen molar-refractivity contribution < 1.29 is 4.39 Å². The molecule has 0 unspecified atom stereocenters. The minimum Gasteiger partial charge on any atom is -0.330 e. The van der Waals surface area contributed by atoms with Crippen LogP contribution in [0.5, 0.6) is 0 Å². The standard InChI is InChI=1S/C21H25FN6/c22-18-3-1-16(2-4-18)13-26-10-7-17(8-11-26)21-25-24-20(28(21)19-5-6-19)14-27-12-9-23-15-27/h1-4,9,12,15,17,19H,5-8,10-11,13-14H2. The van der Waals surface area contributed by atoms with E-state index in [0.717, 1.165) is 44.8 Å². The van der Waals surface area contributed by atoms with E-state index in [1.807, 2.05) is 24.7 Å². The molecule has 28 heavy (non-hydrogen) atoms. The molecule has 0 radical (unpaired) electrons. The van der Waals surface area contributed by atoms with Crippen LogP contribution in [0.1, 0.15) is 54.9 Å². The van der Waals surface area contributed by atoms with Crippen LogP contribution in [0.4, 0.5) is 4.39 Å². The van der Waals surface area contributed by atoms with Crippen molar-refractivity contribution in [2.24, 2.45) is 0 Å². The third-order valence-corrected chi connectivity index (χ3v) is 5.86. The largest absolute Gasteiger partial charge is 0.330 e. The lowest BCUT2D eigenvalue weighted by atomic mass is 9.95. The zero-order chi connectivity index (χ0) is 18.9. The number of benzene rings is 1. The molecule has 146 valence electrons. The van der Waals surface area contributed by atoms with E-state index in [0.29, 0.717) is 12.0 Å². The Morgan fingerprint density at radius 2 is 1.75 bits per heavy atom. The zero-order valence-corrected chi connectivity index (χ0v) is 15.9. The van der Waals surface area contributed by atoms with E-state index in [4.69, 9.17) is 0 Å². The predicted molar refractivity (Wildman–Crippen MR) is 103 cm³/mol. The first-order valence-corrected chi connectivity index (χ1v) is 10.1. The molecule has 1 aromatic carbocycles. The fraction of sp³-hybridized carbons (Fsp3) is 0.476. The Kier molecular flexibility index (Phi) is 4.68. The van der Waals surface area contributed by atoms with Crippen LogP contribution in [0.15, 0.2) is 43.0 Å². The first-order valence-electron chi connectivity index (χ1n) is 10.1. The van der Waals surface area contributed by atoms with Gasteiger partial charge >= 0.3 is 0 Å². The van der Waals surface area contributed by atoms with Gasteiger partial charge in [0.15, 0.2) is 5.82 Å². The summed E-state index contributed by atoms with van der Waals surface area (Å²) in [5.41, 5.74) is 1.17. The van der Waals surface area contributed by atoms with E-state index in [-0.39, 0.29) is 5.82 Å². The molecular weight excluding hydrogens is 355 g/mol. The molecule has 7 heteroatoms. The summed E-state index contributed by atoms with van der Waals surface area (Å²) in [5.74, 6) is 2.51. The van der Waals surface area contributed by atoms with Crippen molar-refractivity contribution in [2.45, 2.75) is 50.7 Å². The van der Waals surface area contributed by atoms with Gasteiger partial charge in [-0.1, -0.05) is 12.1 Å². The highest BCUT2D eigenvalue weighted by Crippen LogP contribution is 2.40. The van der Waals surface area contributed by atoms with Gasteiger partial charge in [-0.25, -0.2) is 9.37 Å². The maximum Gasteiger partial charge on any atom is 0.153 e. The summed E-state index contributed by atoms with van der Waals surface area (Å²) in [6, 6.07) is 7.42. The fourth-order valence-corrected chi connectivity index (χ4v) is 4.20. The first-order chi connectivity index (χ1) is 13.8. The lowest BCUT2D eigenvalue weighted by Crippen LogP contribution is -2.33. The molecule has 0 atom stereocenters. The Morgan fingerprint density at radius 1 is 0.964 bits per heavy atom. The third-order valence-electron chi connectivity index (χ3n) is 5.86. The Morgan fingerprint density at radius 3 is 2.43 bits per heavy atom. The van der Waals surface area contributed by atoms with Gasteiger partial charge in [0.2, 0.25) is 0 Å². The van der Waals surface area contributed by atoms with Crippen LogP contribution in [0, 0.1) is 5.82 Å². The van der Waals surface area contributed by atoms with E-state index in [9.17, 15) is 4.39 Å². The van der Waals surface area contributed by atoms with Crippen molar-refractivity contribution in [3.05, 3.63) is 66.0 Å². The molecule has 0 spiro atoms. The molecule has 0 amide bonds. The van der Waals surface area contributed by atoms with Gasteiger partial charge in [0.05, 0.1) is 12.9 Å². The second-order valence-electron chi connectivity index (χ2n) is 7.99. The number of hydrogen-bond donors (Lipinski definition) is 0. The van der Waals surface area contributed by atoms with Gasteiger partial charge in [-0.3, -0.25) is 4.90 Å². The van der Waals surface area contributed by atoms with Crippen molar-refractivity contribution in [3.63, 3.8) is 0 Å². The van der Waals surface area contributed by atoms with Crippen LogP contribution in [-0.4, -0.2) is 42.3 Å². The number of halogens is 1. The van der Waals surface area contributed by atoms with Gasteiger partial charge in [0, 0.05) is 30.9 Å². The highest BCUT2D eigenvalue weighted by Gasteiger charge is 2.33. The molecule has 5 rings (SSSR count). The van der Waals surface area contributed by atoms with E-state index in [2.05, 4.69) is 29.2 Å². The number of rotatable bonds is 6. The van der Waals surface area contributed by atoms with Gasteiger partial charge in [0.1, 0.15) is 11.6 Å². The Labute approximate surface area is 164 Å². The van der Waals surface area contributed by atoms with Crippen molar-refractivity contribution in [2.75, 3.05) is 13.1 Å². The molecule has 3 aromatic rings. The van der Waals surface area contributed by atoms with Crippen LogP contribution in [-0.2, 0) is 13.1 Å². The molecule has 2 aliphatic rings. The first kappa shape index (κ1) is 17.6. The summed E-state index contributed by atoms with van der Waals surface area (Å²) in [6.07, 6.45) is 10.2. The summed E-state index contributed by atoms with van der Waals surface area (Å²) in [5, 5.41) is 9.16. The average Bonchev–Trinajstić information content (AvgIpc) is 3.26. The molecule has 6 nitrogen and oxygen atoms in total. The van der Waals surface area contributed by atoms with Crippen LogP contribution in [0.2, 0.25) is 0 Å². The van der Waals surface area contributed by atoms with Gasteiger partial charge < -0.3 is 9.13 Å². The number of likely N-dealkylation sites (tertiary alicyclic amines) is 1. The summed E-state index contributed by atoms with van der Waals surface area (Å²) >= 11 is 0. The molecule has 2 aromatic heterocycles. The predicted octanol–water partition coefficient (Wildman–Crippen LogP) is 3.38. The Bertz CT molecular complexity index is 905. The molecule has 0 N–H and O–H groups in total. The fourth-order valence-electron chi connectivity index (χ4n) is 4.20. The van der Waals surface area contributed by atoms with Gasteiger partial charge in [0.25, 0.3) is 0 Å². The quantitative estimate of drug-likeness (QED) is 0.658. The molecule has 0 bridgehead atoms. The lowest BCUT2D eigenvalue weighted by molar-refractivity contribution is 0.200. The van der Waals surface area contributed by atoms with Gasteiger partial charge in [-0.15, -0.1) is 10.2 Å². The van der Waals surface area contributed by atoms with Crippen molar-refractivity contribution >= 4 is 0 Å². The SMILES string of the molecule is Fc1ccc(CN2CCC(c3nnc(Cn4ccnc4)n3C3CC3)CC2)cc1. The smallest absolute Gasteiger partial charge is 0.153 e. The van der Waals surface area contributed by atoms with E-state index >= 15 is 0 Å². The molecular formula is C21H25FN6. The highest BCUT2D eigenvalue weighted by atomic mass is 19.1. The highest BCUT2D eigenvalue weighted by molar-refractivity contribution is 5.16. The third kappa shape index (κ3) is 3.71. The van der Waals surface area contributed by atoms with Crippen molar-refractivity contribution in [1.82, 2.24) is 29.2 Å². The van der Waals surface area contributed by atoms with Gasteiger partial charge in [-0.2, -0.15) is 0 Å².